The van der Waals surface area contributed by atoms with Crippen molar-refractivity contribution in [2.24, 2.45) is 0 Å². The zero-order valence-electron chi connectivity index (χ0n) is 9.84. The number of carboxylic acids is 1. The van der Waals surface area contributed by atoms with Gasteiger partial charge in [-0.15, -0.1) is 0 Å². The predicted molar refractivity (Wildman–Crippen MR) is 64.2 cm³/mol. The molecule has 0 saturated carbocycles. The molecule has 0 unspecified atom stereocenters. The predicted octanol–water partition coefficient (Wildman–Crippen LogP) is 2.25. The third-order valence-corrected chi connectivity index (χ3v) is 2.63. The van der Waals surface area contributed by atoms with Crippen LogP contribution in [0.15, 0.2) is 30.5 Å². The number of benzene rings is 1. The number of nitrogens with zero attached hydrogens (tertiary/aromatic N) is 2. The number of hydrogen-bond acceptors (Lipinski definition) is 2. The van der Waals surface area contributed by atoms with Crippen molar-refractivity contribution in [1.82, 2.24) is 9.55 Å². The fourth-order valence-electron chi connectivity index (χ4n) is 1.78. The number of aromatic carboxylic acids is 1. The Bertz CT molecular complexity index is 558. The highest BCUT2D eigenvalue weighted by Gasteiger charge is 2.10. The van der Waals surface area contributed by atoms with Gasteiger partial charge in [-0.3, -0.25) is 0 Å². The Hall–Kier alpha value is -2.10. The average molecular weight is 230 g/mol. The summed E-state index contributed by atoms with van der Waals surface area (Å²) in [6, 6.07) is 8.13. The van der Waals surface area contributed by atoms with Gasteiger partial charge in [-0.1, -0.05) is 29.8 Å². The van der Waals surface area contributed by atoms with Crippen molar-refractivity contribution >= 4 is 5.97 Å². The summed E-state index contributed by atoms with van der Waals surface area (Å²) in [5.74, 6) is -0.278. The van der Waals surface area contributed by atoms with Gasteiger partial charge in [0.15, 0.2) is 5.69 Å². The van der Waals surface area contributed by atoms with Crippen molar-refractivity contribution in [2.75, 3.05) is 0 Å². The van der Waals surface area contributed by atoms with Gasteiger partial charge in [0, 0.05) is 12.7 Å². The Balaban J connectivity index is 2.27. The summed E-state index contributed by atoms with van der Waals surface area (Å²) < 4.78 is 1.85. The van der Waals surface area contributed by atoms with Crippen LogP contribution in [0, 0.1) is 13.8 Å². The van der Waals surface area contributed by atoms with Gasteiger partial charge in [0.25, 0.3) is 0 Å². The summed E-state index contributed by atoms with van der Waals surface area (Å²) in [5, 5.41) is 8.86. The molecule has 0 radical (unpaired) electrons. The maximum absolute atomic E-state index is 10.8. The second-order valence-electron chi connectivity index (χ2n) is 4.10. The van der Waals surface area contributed by atoms with Crippen molar-refractivity contribution in [2.45, 2.75) is 20.4 Å². The second kappa shape index (κ2) is 4.41. The molecule has 1 N–H and O–H groups in total. The van der Waals surface area contributed by atoms with E-state index in [0.29, 0.717) is 12.4 Å². The summed E-state index contributed by atoms with van der Waals surface area (Å²) in [7, 11) is 0. The fraction of sp³-hybridized carbons (Fsp3) is 0.231. The third kappa shape index (κ3) is 2.53. The number of aromatic nitrogens is 2. The molecule has 1 heterocycles. The summed E-state index contributed by atoms with van der Waals surface area (Å²) in [4.78, 5) is 14.8. The van der Waals surface area contributed by atoms with Crippen molar-refractivity contribution in [3.05, 3.63) is 53.1 Å². The van der Waals surface area contributed by atoms with Crippen molar-refractivity contribution in [3.63, 3.8) is 0 Å². The molecule has 0 saturated heterocycles. The van der Waals surface area contributed by atoms with Gasteiger partial charge < -0.3 is 9.67 Å². The minimum atomic E-state index is -0.990. The summed E-state index contributed by atoms with van der Waals surface area (Å²) >= 11 is 0. The highest BCUT2D eigenvalue weighted by molar-refractivity contribution is 5.85. The number of carbonyl (C=O) groups is 1. The first kappa shape index (κ1) is 11.4. The van der Waals surface area contributed by atoms with E-state index in [2.05, 4.69) is 11.1 Å². The van der Waals surface area contributed by atoms with Gasteiger partial charge in [0.2, 0.25) is 0 Å². The van der Waals surface area contributed by atoms with E-state index >= 15 is 0 Å². The SMILES string of the molecule is Cc1cccc(Cn2cc(C(=O)O)nc2C)c1. The molecule has 4 heteroatoms. The van der Waals surface area contributed by atoms with E-state index in [-0.39, 0.29) is 5.69 Å². The number of aryl methyl sites for hydroxylation is 2. The summed E-state index contributed by atoms with van der Waals surface area (Å²) in [5.41, 5.74) is 2.43. The van der Waals surface area contributed by atoms with Crippen molar-refractivity contribution < 1.29 is 9.90 Å². The Morgan fingerprint density at radius 2 is 2.18 bits per heavy atom. The molecule has 17 heavy (non-hydrogen) atoms. The molecule has 0 spiro atoms. The van der Waals surface area contributed by atoms with Crippen LogP contribution < -0.4 is 0 Å². The summed E-state index contributed by atoms with van der Waals surface area (Å²) in [6.07, 6.45) is 1.57. The lowest BCUT2D eigenvalue weighted by Gasteiger charge is -2.05. The first-order valence-corrected chi connectivity index (χ1v) is 5.39. The molecule has 0 amide bonds. The third-order valence-electron chi connectivity index (χ3n) is 2.63. The second-order valence-corrected chi connectivity index (χ2v) is 4.10. The van der Waals surface area contributed by atoms with E-state index in [9.17, 15) is 4.79 Å². The standard InChI is InChI=1S/C13H14N2O2/c1-9-4-3-5-11(6-9)7-15-8-12(13(16)17)14-10(15)2/h3-6,8H,7H2,1-2H3,(H,16,17). The zero-order valence-corrected chi connectivity index (χ0v) is 9.84. The maximum atomic E-state index is 10.8. The molecule has 1 aromatic heterocycles. The van der Waals surface area contributed by atoms with E-state index in [1.54, 1.807) is 6.20 Å². The van der Waals surface area contributed by atoms with E-state index in [4.69, 9.17) is 5.11 Å². The average Bonchev–Trinajstić information content (AvgIpc) is 2.61. The molecule has 1 aromatic carbocycles. The topological polar surface area (TPSA) is 55.1 Å². The highest BCUT2D eigenvalue weighted by Crippen LogP contribution is 2.09. The van der Waals surface area contributed by atoms with Crippen LogP contribution in [-0.2, 0) is 6.54 Å². The lowest BCUT2D eigenvalue weighted by molar-refractivity contribution is 0.0691. The van der Waals surface area contributed by atoms with Gasteiger partial charge in [-0.05, 0) is 19.4 Å². The first-order chi connectivity index (χ1) is 8.06. The minimum Gasteiger partial charge on any atom is -0.476 e. The van der Waals surface area contributed by atoms with Crippen LogP contribution in [0.1, 0.15) is 27.4 Å². The number of imidazole rings is 1. The molecule has 2 aromatic rings. The molecule has 4 nitrogen and oxygen atoms in total. The molecular formula is C13H14N2O2. The maximum Gasteiger partial charge on any atom is 0.356 e. The normalized spacial score (nSPS) is 10.5. The number of hydrogen-bond donors (Lipinski definition) is 1. The Morgan fingerprint density at radius 3 is 2.76 bits per heavy atom. The monoisotopic (exact) mass is 230 g/mol. The molecule has 0 bridgehead atoms. The molecule has 0 fully saturated rings. The largest absolute Gasteiger partial charge is 0.476 e. The van der Waals surface area contributed by atoms with Crippen LogP contribution in [-0.4, -0.2) is 20.6 Å². The summed E-state index contributed by atoms with van der Waals surface area (Å²) in [6.45, 7) is 4.49. The van der Waals surface area contributed by atoms with Crippen molar-refractivity contribution in [1.29, 1.82) is 0 Å². The van der Waals surface area contributed by atoms with Gasteiger partial charge in [0.1, 0.15) is 5.82 Å². The van der Waals surface area contributed by atoms with Gasteiger partial charge in [0.05, 0.1) is 0 Å². The Labute approximate surface area is 99.5 Å². The highest BCUT2D eigenvalue weighted by atomic mass is 16.4. The van der Waals surface area contributed by atoms with Crippen LogP contribution in [0.25, 0.3) is 0 Å². The van der Waals surface area contributed by atoms with E-state index < -0.39 is 5.97 Å². The van der Waals surface area contributed by atoms with Crippen LogP contribution in [0.4, 0.5) is 0 Å². The minimum absolute atomic E-state index is 0.0927. The van der Waals surface area contributed by atoms with Crippen LogP contribution >= 0.6 is 0 Å². The fourth-order valence-corrected chi connectivity index (χ4v) is 1.78. The lowest BCUT2D eigenvalue weighted by Crippen LogP contribution is -2.00. The quantitative estimate of drug-likeness (QED) is 0.879. The van der Waals surface area contributed by atoms with Gasteiger partial charge >= 0.3 is 5.97 Å². The van der Waals surface area contributed by atoms with Gasteiger partial charge in [-0.25, -0.2) is 9.78 Å². The molecule has 0 aliphatic heterocycles. The van der Waals surface area contributed by atoms with Gasteiger partial charge in [-0.2, -0.15) is 0 Å². The number of carboxylic acid groups (broad SMARTS) is 1. The Morgan fingerprint density at radius 1 is 1.41 bits per heavy atom. The van der Waals surface area contributed by atoms with Crippen LogP contribution in [0.3, 0.4) is 0 Å². The van der Waals surface area contributed by atoms with Crippen LogP contribution in [0.2, 0.25) is 0 Å². The zero-order chi connectivity index (χ0) is 12.4. The molecule has 2 rings (SSSR count). The van der Waals surface area contributed by atoms with E-state index in [1.165, 1.54) is 5.56 Å². The Kier molecular flexibility index (Phi) is 2.95. The molecule has 0 aliphatic rings. The smallest absolute Gasteiger partial charge is 0.356 e. The molecule has 0 atom stereocenters. The van der Waals surface area contributed by atoms with E-state index in [0.717, 1.165) is 5.56 Å². The molecule has 0 aliphatic carbocycles. The first-order valence-electron chi connectivity index (χ1n) is 5.39. The van der Waals surface area contributed by atoms with E-state index in [1.807, 2.05) is 36.6 Å². The van der Waals surface area contributed by atoms with Crippen LogP contribution in [0.5, 0.6) is 0 Å². The molecular weight excluding hydrogens is 216 g/mol. The lowest BCUT2D eigenvalue weighted by atomic mass is 10.1. The molecule has 88 valence electrons. The number of rotatable bonds is 3. The van der Waals surface area contributed by atoms with Crippen molar-refractivity contribution in [3.8, 4) is 0 Å².